The average molecular weight is 421 g/mol. The Kier molecular flexibility index (Phi) is 5.09. The van der Waals surface area contributed by atoms with Crippen molar-refractivity contribution in [2.45, 2.75) is 16.6 Å². The Morgan fingerprint density at radius 1 is 1.12 bits per heavy atom. The molecule has 0 saturated carbocycles. The Bertz CT molecular complexity index is 845. The number of hydrogen-bond acceptors (Lipinski definition) is 4. The second-order valence-corrected chi connectivity index (χ2v) is 6.37. The highest BCUT2D eigenvalue weighted by atomic mass is 35.5. The number of halogens is 8. The molecule has 2 N–H and O–H groups in total. The number of nitrogens with two attached hydrogens (primary N) is 1. The van der Waals surface area contributed by atoms with Crippen molar-refractivity contribution in [1.82, 2.24) is 9.78 Å². The molecule has 0 radical (unpaired) electrons. The van der Waals surface area contributed by atoms with E-state index in [1.807, 2.05) is 0 Å². The number of hydrogen-bond donors (Lipinski definition) is 1. The van der Waals surface area contributed by atoms with Crippen LogP contribution in [0.3, 0.4) is 0 Å². The number of alkyl halides is 6. The third kappa shape index (κ3) is 4.08. The standard InChI is InChI=1S/C12H4Cl2F6N4S/c13-6-1-4(25-12(18,19)20)2-7(14)8(6)24-10(22)5(3-21)9(23-24)11(15,16)17/h1-2H,22H2. The molecule has 2 rings (SSSR count). The maximum Gasteiger partial charge on any atom is 0.446 e. The van der Waals surface area contributed by atoms with E-state index in [4.69, 9.17) is 34.2 Å². The normalized spacial score (nSPS) is 12.3. The Morgan fingerprint density at radius 2 is 1.64 bits per heavy atom. The lowest BCUT2D eigenvalue weighted by molar-refractivity contribution is -0.141. The summed E-state index contributed by atoms with van der Waals surface area (Å²) >= 11 is 11.2. The number of benzene rings is 1. The molecule has 0 aliphatic carbocycles. The minimum atomic E-state index is -4.98. The molecule has 0 aliphatic rings. The molecule has 4 nitrogen and oxygen atoms in total. The van der Waals surface area contributed by atoms with Crippen LogP contribution >= 0.6 is 35.0 Å². The van der Waals surface area contributed by atoms with Gasteiger partial charge in [0.15, 0.2) is 5.69 Å². The molecular formula is C12H4Cl2F6N4S. The zero-order valence-corrected chi connectivity index (χ0v) is 13.8. The zero-order valence-electron chi connectivity index (χ0n) is 11.5. The number of thioether (sulfide) groups is 1. The number of rotatable bonds is 2. The van der Waals surface area contributed by atoms with Crippen LogP contribution in [0, 0.1) is 11.3 Å². The molecule has 2 aromatic rings. The van der Waals surface area contributed by atoms with Gasteiger partial charge in [-0.15, -0.1) is 0 Å². The van der Waals surface area contributed by atoms with E-state index in [0.717, 1.165) is 12.1 Å². The highest BCUT2D eigenvalue weighted by Gasteiger charge is 2.40. The van der Waals surface area contributed by atoms with Crippen LogP contribution in [0.1, 0.15) is 11.3 Å². The van der Waals surface area contributed by atoms with Gasteiger partial charge < -0.3 is 5.73 Å². The van der Waals surface area contributed by atoms with E-state index in [-0.39, 0.29) is 10.6 Å². The molecule has 134 valence electrons. The first-order valence-corrected chi connectivity index (χ1v) is 7.53. The van der Waals surface area contributed by atoms with E-state index in [9.17, 15) is 26.3 Å². The number of aromatic nitrogens is 2. The van der Waals surface area contributed by atoms with Crippen LogP contribution in [0.25, 0.3) is 5.69 Å². The third-order valence-corrected chi connectivity index (χ3v) is 4.02. The predicted molar refractivity (Wildman–Crippen MR) is 79.6 cm³/mol. The predicted octanol–water partition coefficient (Wildman–Crippen LogP) is 5.26. The van der Waals surface area contributed by atoms with Gasteiger partial charge in [0.2, 0.25) is 0 Å². The van der Waals surface area contributed by atoms with Crippen LogP contribution in [-0.2, 0) is 6.18 Å². The van der Waals surface area contributed by atoms with Gasteiger partial charge in [0.05, 0.1) is 10.0 Å². The Balaban J connectivity index is 2.64. The zero-order chi connectivity index (χ0) is 19.2. The molecule has 25 heavy (non-hydrogen) atoms. The molecule has 0 bridgehead atoms. The quantitative estimate of drug-likeness (QED) is 0.531. The van der Waals surface area contributed by atoms with E-state index >= 15 is 0 Å². The molecule has 1 aromatic heterocycles. The van der Waals surface area contributed by atoms with E-state index in [2.05, 4.69) is 5.10 Å². The highest BCUT2D eigenvalue weighted by molar-refractivity contribution is 8.00. The Hall–Kier alpha value is -1.77. The van der Waals surface area contributed by atoms with Crippen molar-refractivity contribution in [3.05, 3.63) is 33.4 Å². The van der Waals surface area contributed by atoms with Gasteiger partial charge in [-0.3, -0.25) is 0 Å². The van der Waals surface area contributed by atoms with Crippen molar-refractivity contribution in [1.29, 1.82) is 5.26 Å². The van der Waals surface area contributed by atoms with E-state index < -0.39 is 50.6 Å². The molecule has 1 aromatic carbocycles. The van der Waals surface area contributed by atoms with E-state index in [1.165, 1.54) is 6.07 Å². The van der Waals surface area contributed by atoms with Crippen LogP contribution < -0.4 is 5.73 Å². The smallest absolute Gasteiger partial charge is 0.382 e. The summed E-state index contributed by atoms with van der Waals surface area (Å²) in [7, 11) is 0. The Labute approximate surface area is 150 Å². The fourth-order valence-corrected chi connectivity index (χ4v) is 3.24. The lowest BCUT2D eigenvalue weighted by Gasteiger charge is -2.12. The minimum Gasteiger partial charge on any atom is -0.382 e. The fraction of sp³-hybridized carbons (Fsp3) is 0.167. The molecule has 1 heterocycles. The van der Waals surface area contributed by atoms with Gasteiger partial charge in [-0.25, -0.2) is 4.68 Å². The monoisotopic (exact) mass is 420 g/mol. The summed E-state index contributed by atoms with van der Waals surface area (Å²) in [5, 5.41) is 11.2. The largest absolute Gasteiger partial charge is 0.446 e. The van der Waals surface area contributed by atoms with Gasteiger partial charge >= 0.3 is 11.7 Å². The molecule has 0 saturated heterocycles. The molecule has 0 fully saturated rings. The first-order valence-electron chi connectivity index (χ1n) is 5.96. The van der Waals surface area contributed by atoms with Crippen molar-refractivity contribution in [2.24, 2.45) is 0 Å². The number of nitrogen functional groups attached to an aromatic ring is 1. The molecular weight excluding hydrogens is 417 g/mol. The maximum absolute atomic E-state index is 12.9. The van der Waals surface area contributed by atoms with Crippen molar-refractivity contribution in [3.8, 4) is 11.8 Å². The molecule has 13 heteroatoms. The average Bonchev–Trinajstić information content (AvgIpc) is 2.73. The van der Waals surface area contributed by atoms with Crippen molar-refractivity contribution in [2.75, 3.05) is 5.73 Å². The van der Waals surface area contributed by atoms with Crippen LogP contribution in [0.15, 0.2) is 17.0 Å². The van der Waals surface area contributed by atoms with Crippen molar-refractivity contribution in [3.63, 3.8) is 0 Å². The summed E-state index contributed by atoms with van der Waals surface area (Å²) < 4.78 is 76.4. The Morgan fingerprint density at radius 3 is 2.00 bits per heavy atom. The summed E-state index contributed by atoms with van der Waals surface area (Å²) in [5.74, 6) is -0.699. The van der Waals surface area contributed by atoms with Crippen molar-refractivity contribution >= 4 is 40.8 Å². The van der Waals surface area contributed by atoms with E-state index in [0.29, 0.717) is 4.68 Å². The van der Waals surface area contributed by atoms with Gasteiger partial charge in [-0.1, -0.05) is 23.2 Å². The summed E-state index contributed by atoms with van der Waals surface area (Å²) in [6.45, 7) is 0. The lowest BCUT2D eigenvalue weighted by atomic mass is 10.2. The van der Waals surface area contributed by atoms with Crippen LogP contribution in [0.4, 0.5) is 32.2 Å². The van der Waals surface area contributed by atoms with Crippen LogP contribution in [0.2, 0.25) is 10.0 Å². The summed E-state index contributed by atoms with van der Waals surface area (Å²) in [4.78, 5) is -0.381. The molecule has 0 amide bonds. The molecule has 0 atom stereocenters. The van der Waals surface area contributed by atoms with Gasteiger partial charge in [0.25, 0.3) is 0 Å². The maximum atomic E-state index is 12.9. The van der Waals surface area contributed by atoms with Gasteiger partial charge in [0.1, 0.15) is 23.1 Å². The van der Waals surface area contributed by atoms with Crippen LogP contribution in [0.5, 0.6) is 0 Å². The molecule has 0 spiro atoms. The number of anilines is 1. The SMILES string of the molecule is N#Cc1c(C(F)(F)F)nn(-c2c(Cl)cc(SC(F)(F)F)cc2Cl)c1N. The highest BCUT2D eigenvalue weighted by Crippen LogP contribution is 2.42. The molecule has 0 aliphatic heterocycles. The number of nitriles is 1. The van der Waals surface area contributed by atoms with Crippen LogP contribution in [-0.4, -0.2) is 15.3 Å². The fourth-order valence-electron chi connectivity index (χ4n) is 1.85. The molecule has 0 unspecified atom stereocenters. The number of nitrogens with zero attached hydrogens (tertiary/aromatic N) is 3. The van der Waals surface area contributed by atoms with Crippen molar-refractivity contribution < 1.29 is 26.3 Å². The first-order chi connectivity index (χ1) is 11.3. The van der Waals surface area contributed by atoms with Gasteiger partial charge in [-0.2, -0.15) is 36.7 Å². The summed E-state index contributed by atoms with van der Waals surface area (Å²) in [5.41, 5.74) is -2.01. The second kappa shape index (κ2) is 6.51. The van der Waals surface area contributed by atoms with Gasteiger partial charge in [-0.05, 0) is 23.9 Å². The lowest BCUT2D eigenvalue weighted by Crippen LogP contribution is -2.09. The topological polar surface area (TPSA) is 67.6 Å². The first kappa shape index (κ1) is 19.6. The van der Waals surface area contributed by atoms with E-state index in [1.54, 1.807) is 0 Å². The third-order valence-electron chi connectivity index (χ3n) is 2.74. The summed E-state index contributed by atoms with van der Waals surface area (Å²) in [6.07, 6.45) is -4.98. The van der Waals surface area contributed by atoms with Gasteiger partial charge in [0, 0.05) is 4.90 Å². The minimum absolute atomic E-state index is 0.376. The second-order valence-electron chi connectivity index (χ2n) is 4.41. The summed E-state index contributed by atoms with van der Waals surface area (Å²) in [6, 6.07) is 2.97.